The fraction of sp³-hybridized carbons (Fsp3) is 0.471. The SMILES string of the molecule is C=C[C@H](C)[C@H](C(=O)OC)[C@H](c1ccccc1)[Si](C)(C)C. The Morgan fingerprint density at radius 3 is 2.20 bits per heavy atom. The highest BCUT2D eigenvalue weighted by molar-refractivity contribution is 6.77. The van der Waals surface area contributed by atoms with Gasteiger partial charge in [-0.2, -0.15) is 0 Å². The summed E-state index contributed by atoms with van der Waals surface area (Å²) in [5.74, 6) is -0.195. The van der Waals surface area contributed by atoms with Crippen molar-refractivity contribution in [2.24, 2.45) is 11.8 Å². The average Bonchev–Trinajstić information content (AvgIpc) is 2.42. The molecule has 1 aromatic rings. The van der Waals surface area contributed by atoms with Gasteiger partial charge in [-0.3, -0.25) is 4.79 Å². The van der Waals surface area contributed by atoms with Crippen molar-refractivity contribution in [3.8, 4) is 0 Å². The van der Waals surface area contributed by atoms with E-state index in [1.165, 1.54) is 12.7 Å². The van der Waals surface area contributed by atoms with E-state index in [2.05, 4.69) is 38.4 Å². The molecular weight excluding hydrogens is 264 g/mol. The smallest absolute Gasteiger partial charge is 0.309 e. The molecule has 0 aliphatic rings. The molecule has 1 rings (SSSR count). The molecule has 0 bridgehead atoms. The number of ether oxygens (including phenoxy) is 1. The largest absolute Gasteiger partial charge is 0.469 e. The van der Waals surface area contributed by atoms with Crippen molar-refractivity contribution in [2.75, 3.05) is 7.11 Å². The normalized spacial score (nSPS) is 16.1. The van der Waals surface area contributed by atoms with Crippen LogP contribution in [0.3, 0.4) is 0 Å². The van der Waals surface area contributed by atoms with E-state index in [1.54, 1.807) is 0 Å². The maximum atomic E-state index is 12.3. The predicted molar refractivity (Wildman–Crippen MR) is 87.4 cm³/mol. The quantitative estimate of drug-likeness (QED) is 0.444. The van der Waals surface area contributed by atoms with Gasteiger partial charge in [0, 0.05) is 0 Å². The van der Waals surface area contributed by atoms with Gasteiger partial charge in [0.15, 0.2) is 0 Å². The maximum absolute atomic E-state index is 12.3. The predicted octanol–water partition coefficient (Wildman–Crippen LogP) is 4.26. The first-order valence-electron chi connectivity index (χ1n) is 7.08. The minimum Gasteiger partial charge on any atom is -0.469 e. The topological polar surface area (TPSA) is 26.3 Å². The van der Waals surface area contributed by atoms with Gasteiger partial charge in [-0.1, -0.05) is 63.0 Å². The summed E-state index contributed by atoms with van der Waals surface area (Å²) in [4.78, 5) is 12.3. The van der Waals surface area contributed by atoms with Crippen LogP contribution < -0.4 is 0 Å². The van der Waals surface area contributed by atoms with E-state index < -0.39 is 8.07 Å². The molecule has 0 heterocycles. The van der Waals surface area contributed by atoms with Crippen LogP contribution in [0.25, 0.3) is 0 Å². The van der Waals surface area contributed by atoms with Crippen LogP contribution in [0.5, 0.6) is 0 Å². The molecule has 1 aromatic carbocycles. The highest BCUT2D eigenvalue weighted by atomic mass is 28.3. The molecule has 0 aromatic heterocycles. The number of methoxy groups -OCH3 is 1. The number of allylic oxidation sites excluding steroid dienone is 1. The number of carbonyl (C=O) groups is 1. The van der Waals surface area contributed by atoms with Gasteiger partial charge in [0.2, 0.25) is 0 Å². The molecule has 0 spiro atoms. The van der Waals surface area contributed by atoms with Crippen molar-refractivity contribution < 1.29 is 9.53 Å². The first-order valence-corrected chi connectivity index (χ1v) is 10.7. The van der Waals surface area contributed by atoms with E-state index in [0.717, 1.165) is 0 Å². The lowest BCUT2D eigenvalue weighted by Gasteiger charge is -2.37. The molecule has 2 nitrogen and oxygen atoms in total. The summed E-state index contributed by atoms with van der Waals surface area (Å²) in [6, 6.07) is 10.3. The molecule has 0 saturated carbocycles. The zero-order valence-electron chi connectivity index (χ0n) is 13.2. The van der Waals surface area contributed by atoms with E-state index in [9.17, 15) is 4.79 Å². The summed E-state index contributed by atoms with van der Waals surface area (Å²) in [7, 11) is -0.128. The van der Waals surface area contributed by atoms with Gasteiger partial charge in [0.05, 0.1) is 21.1 Å². The Morgan fingerprint density at radius 1 is 1.25 bits per heavy atom. The number of hydrogen-bond donors (Lipinski definition) is 0. The minimum absolute atomic E-state index is 0.0966. The lowest BCUT2D eigenvalue weighted by molar-refractivity contribution is -0.146. The van der Waals surface area contributed by atoms with E-state index in [0.29, 0.717) is 0 Å². The van der Waals surface area contributed by atoms with Crippen molar-refractivity contribution in [1.82, 2.24) is 0 Å². The summed E-state index contributed by atoms with van der Waals surface area (Å²) in [6.07, 6.45) is 1.86. The van der Waals surface area contributed by atoms with Crippen LogP contribution >= 0.6 is 0 Å². The average molecular weight is 290 g/mol. The van der Waals surface area contributed by atoms with E-state index in [-0.39, 0.29) is 23.3 Å². The Morgan fingerprint density at radius 2 is 1.80 bits per heavy atom. The molecule has 110 valence electrons. The molecule has 3 atom stereocenters. The van der Waals surface area contributed by atoms with Crippen molar-refractivity contribution in [2.45, 2.75) is 32.1 Å². The van der Waals surface area contributed by atoms with Crippen LogP contribution in [0.1, 0.15) is 18.0 Å². The second kappa shape index (κ2) is 6.89. The summed E-state index contributed by atoms with van der Waals surface area (Å²) in [5.41, 5.74) is 1.46. The Hall–Kier alpha value is -1.35. The third-order valence-corrected chi connectivity index (χ3v) is 6.42. The molecule has 0 aliphatic heterocycles. The molecule has 0 unspecified atom stereocenters. The molecule has 0 saturated heterocycles. The van der Waals surface area contributed by atoms with Crippen molar-refractivity contribution in [1.29, 1.82) is 0 Å². The third kappa shape index (κ3) is 3.82. The molecule has 0 fully saturated rings. The Kier molecular flexibility index (Phi) is 5.75. The van der Waals surface area contributed by atoms with Crippen molar-refractivity contribution in [3.05, 3.63) is 48.6 Å². The minimum atomic E-state index is -1.60. The number of carbonyl (C=O) groups excluding carboxylic acids is 1. The molecule has 0 amide bonds. The molecule has 0 radical (unpaired) electrons. The fourth-order valence-electron chi connectivity index (χ4n) is 2.84. The Bertz CT molecular complexity index is 448. The first-order chi connectivity index (χ1) is 9.32. The molecule has 0 aliphatic carbocycles. The second-order valence-electron chi connectivity index (χ2n) is 6.40. The number of rotatable bonds is 6. The number of hydrogen-bond acceptors (Lipinski definition) is 2. The van der Waals surface area contributed by atoms with Gasteiger partial charge < -0.3 is 4.74 Å². The lowest BCUT2D eigenvalue weighted by atomic mass is 9.87. The van der Waals surface area contributed by atoms with Gasteiger partial charge in [-0.05, 0) is 17.0 Å². The zero-order chi connectivity index (χ0) is 15.3. The number of benzene rings is 1. The van der Waals surface area contributed by atoms with E-state index in [4.69, 9.17) is 4.74 Å². The third-order valence-electron chi connectivity index (χ3n) is 3.86. The second-order valence-corrected chi connectivity index (χ2v) is 11.8. The molecule has 0 N–H and O–H groups in total. The first kappa shape index (κ1) is 16.7. The maximum Gasteiger partial charge on any atom is 0.309 e. The van der Waals surface area contributed by atoms with Crippen molar-refractivity contribution >= 4 is 14.0 Å². The molecule has 20 heavy (non-hydrogen) atoms. The van der Waals surface area contributed by atoms with Crippen molar-refractivity contribution in [3.63, 3.8) is 0 Å². The zero-order valence-corrected chi connectivity index (χ0v) is 14.2. The van der Waals surface area contributed by atoms with Crippen LogP contribution in [0.4, 0.5) is 0 Å². The monoisotopic (exact) mass is 290 g/mol. The van der Waals surface area contributed by atoms with Gasteiger partial charge in [0.25, 0.3) is 0 Å². The molecule has 3 heteroatoms. The van der Waals surface area contributed by atoms with Gasteiger partial charge in [-0.15, -0.1) is 6.58 Å². The van der Waals surface area contributed by atoms with E-state index in [1.807, 2.05) is 31.2 Å². The highest BCUT2D eigenvalue weighted by Crippen LogP contribution is 2.39. The van der Waals surface area contributed by atoms with Crippen LogP contribution in [-0.4, -0.2) is 21.2 Å². The Labute approximate surface area is 123 Å². The van der Waals surface area contributed by atoms with Gasteiger partial charge >= 0.3 is 5.97 Å². The summed E-state index contributed by atoms with van der Waals surface area (Å²) < 4.78 is 5.07. The summed E-state index contributed by atoms with van der Waals surface area (Å²) in [6.45, 7) is 12.8. The molecular formula is C17H26O2Si. The summed E-state index contributed by atoms with van der Waals surface area (Å²) >= 11 is 0. The van der Waals surface area contributed by atoms with Crippen LogP contribution in [-0.2, 0) is 9.53 Å². The van der Waals surface area contributed by atoms with Gasteiger partial charge in [0.1, 0.15) is 0 Å². The standard InChI is InChI=1S/C17H26O2Si/c1-7-13(2)15(17(18)19-3)16(20(4,5)6)14-11-9-8-10-12-14/h7-13,15-16H,1H2,2-6H3/t13-,15-,16-/m0/s1. The fourth-order valence-corrected chi connectivity index (χ4v) is 5.55. The van der Waals surface area contributed by atoms with Crippen LogP contribution in [0.2, 0.25) is 19.6 Å². The van der Waals surface area contributed by atoms with Crippen LogP contribution in [0, 0.1) is 11.8 Å². The van der Waals surface area contributed by atoms with Gasteiger partial charge in [-0.25, -0.2) is 0 Å². The Balaban J connectivity index is 3.33. The number of esters is 1. The lowest BCUT2D eigenvalue weighted by Crippen LogP contribution is -2.42. The summed E-state index contributed by atoms with van der Waals surface area (Å²) in [5, 5.41) is 0. The van der Waals surface area contributed by atoms with E-state index >= 15 is 0 Å². The highest BCUT2D eigenvalue weighted by Gasteiger charge is 2.41. The van der Waals surface area contributed by atoms with Crippen LogP contribution in [0.15, 0.2) is 43.0 Å².